The molecule has 2 N–H and O–H groups in total. The van der Waals surface area contributed by atoms with Gasteiger partial charge >= 0.3 is 0 Å². The van der Waals surface area contributed by atoms with Gasteiger partial charge in [-0.3, -0.25) is 4.79 Å². The summed E-state index contributed by atoms with van der Waals surface area (Å²) in [5, 5.41) is 0. The highest BCUT2D eigenvalue weighted by molar-refractivity contribution is 9.10. The molecular formula is C8H7BrFNO. The second kappa shape index (κ2) is 3.23. The Kier molecular flexibility index (Phi) is 2.47. The highest BCUT2D eigenvalue weighted by atomic mass is 79.9. The van der Waals surface area contributed by atoms with Crippen molar-refractivity contribution >= 4 is 27.4 Å². The quantitative estimate of drug-likeness (QED) is 0.596. The molecule has 0 atom stereocenters. The number of carbonyl (C=O) groups is 1. The third kappa shape index (κ3) is 1.48. The first-order valence-electron chi connectivity index (χ1n) is 3.28. The summed E-state index contributed by atoms with van der Waals surface area (Å²) in [5.41, 5.74) is 5.61. The fraction of sp³-hybridized carbons (Fsp3) is 0.125. The Hall–Kier alpha value is -0.900. The summed E-state index contributed by atoms with van der Waals surface area (Å²) in [6.45, 7) is 1.37. The van der Waals surface area contributed by atoms with Gasteiger partial charge in [0, 0.05) is 5.56 Å². The van der Waals surface area contributed by atoms with Crippen molar-refractivity contribution < 1.29 is 9.18 Å². The first-order valence-corrected chi connectivity index (χ1v) is 4.07. The Bertz CT molecular complexity index is 338. The first-order chi connectivity index (χ1) is 5.54. The summed E-state index contributed by atoms with van der Waals surface area (Å²) in [4.78, 5) is 10.9. The van der Waals surface area contributed by atoms with E-state index in [1.54, 1.807) is 0 Å². The van der Waals surface area contributed by atoms with E-state index in [4.69, 9.17) is 5.73 Å². The fourth-order valence-electron chi connectivity index (χ4n) is 0.836. The van der Waals surface area contributed by atoms with Gasteiger partial charge in [-0.15, -0.1) is 0 Å². The summed E-state index contributed by atoms with van der Waals surface area (Å²) >= 11 is 2.96. The molecule has 0 saturated carbocycles. The topological polar surface area (TPSA) is 43.1 Å². The van der Waals surface area contributed by atoms with E-state index >= 15 is 0 Å². The Morgan fingerprint density at radius 3 is 2.67 bits per heavy atom. The number of rotatable bonds is 1. The van der Waals surface area contributed by atoms with E-state index in [2.05, 4.69) is 15.9 Å². The molecule has 1 aromatic rings. The predicted molar refractivity (Wildman–Crippen MR) is 48.5 cm³/mol. The monoisotopic (exact) mass is 231 g/mol. The Balaban J connectivity index is 3.36. The van der Waals surface area contributed by atoms with Gasteiger partial charge in [-0.1, -0.05) is 0 Å². The molecule has 0 spiro atoms. The fourth-order valence-corrected chi connectivity index (χ4v) is 1.48. The molecule has 0 fully saturated rings. The van der Waals surface area contributed by atoms with Gasteiger partial charge in [0.15, 0.2) is 11.6 Å². The third-order valence-electron chi connectivity index (χ3n) is 1.49. The lowest BCUT2D eigenvalue weighted by molar-refractivity contribution is 0.101. The summed E-state index contributed by atoms with van der Waals surface area (Å²) in [5.74, 6) is -0.775. The van der Waals surface area contributed by atoms with Crippen LogP contribution in [0.5, 0.6) is 0 Å². The van der Waals surface area contributed by atoms with Gasteiger partial charge in [-0.05, 0) is 35.0 Å². The zero-order valence-corrected chi connectivity index (χ0v) is 7.98. The minimum atomic E-state index is -0.581. The van der Waals surface area contributed by atoms with Gasteiger partial charge in [-0.2, -0.15) is 0 Å². The van der Waals surface area contributed by atoms with E-state index in [-0.39, 0.29) is 15.9 Å². The molecule has 0 aliphatic rings. The normalized spacial score (nSPS) is 9.92. The average molecular weight is 232 g/mol. The molecular weight excluding hydrogens is 225 g/mol. The third-order valence-corrected chi connectivity index (χ3v) is 2.27. The van der Waals surface area contributed by atoms with Crippen molar-refractivity contribution in [1.29, 1.82) is 0 Å². The second-order valence-electron chi connectivity index (χ2n) is 2.39. The molecule has 0 aliphatic carbocycles. The van der Waals surface area contributed by atoms with Crippen molar-refractivity contribution in [3.05, 3.63) is 28.0 Å². The van der Waals surface area contributed by atoms with Crippen molar-refractivity contribution in [2.75, 3.05) is 5.73 Å². The molecule has 0 radical (unpaired) electrons. The van der Waals surface area contributed by atoms with Crippen LogP contribution < -0.4 is 5.73 Å². The molecule has 64 valence electrons. The van der Waals surface area contributed by atoms with Crippen LogP contribution in [0.1, 0.15) is 17.3 Å². The lowest BCUT2D eigenvalue weighted by Crippen LogP contribution is -1.99. The summed E-state index contributed by atoms with van der Waals surface area (Å²) in [7, 11) is 0. The molecule has 0 unspecified atom stereocenters. The smallest absolute Gasteiger partial charge is 0.161 e. The molecule has 0 heterocycles. The van der Waals surface area contributed by atoms with E-state index in [9.17, 15) is 9.18 Å². The lowest BCUT2D eigenvalue weighted by atomic mass is 10.1. The molecule has 0 aromatic heterocycles. The number of anilines is 1. The van der Waals surface area contributed by atoms with Crippen LogP contribution in [0.15, 0.2) is 16.6 Å². The van der Waals surface area contributed by atoms with Crippen LogP contribution in [0.4, 0.5) is 10.1 Å². The van der Waals surface area contributed by atoms with E-state index in [0.717, 1.165) is 0 Å². The predicted octanol–water partition coefficient (Wildman–Crippen LogP) is 2.37. The summed E-state index contributed by atoms with van der Waals surface area (Å²) in [6, 6.07) is 2.86. The maximum absolute atomic E-state index is 13.0. The van der Waals surface area contributed by atoms with E-state index in [1.807, 2.05) is 0 Å². The Morgan fingerprint density at radius 2 is 2.17 bits per heavy atom. The minimum absolute atomic E-state index is 0.0341. The number of benzene rings is 1. The molecule has 1 rings (SSSR count). The first kappa shape index (κ1) is 9.19. The number of ketones is 1. The number of halogens is 2. The Morgan fingerprint density at radius 1 is 1.58 bits per heavy atom. The lowest BCUT2D eigenvalue weighted by Gasteiger charge is -2.02. The van der Waals surface area contributed by atoms with Crippen LogP contribution in [0.25, 0.3) is 0 Å². The van der Waals surface area contributed by atoms with Gasteiger partial charge in [-0.25, -0.2) is 4.39 Å². The molecule has 0 aliphatic heterocycles. The molecule has 0 amide bonds. The minimum Gasteiger partial charge on any atom is -0.396 e. The van der Waals surface area contributed by atoms with Gasteiger partial charge < -0.3 is 5.73 Å². The molecule has 1 aromatic carbocycles. The number of hydrogen-bond donors (Lipinski definition) is 1. The number of hydrogen-bond acceptors (Lipinski definition) is 2. The molecule has 4 heteroatoms. The summed E-state index contributed by atoms with van der Waals surface area (Å²) in [6.07, 6.45) is 0. The number of Topliss-reactive ketones (excluding diaryl/α,β-unsaturated/α-hetero) is 1. The van der Waals surface area contributed by atoms with Crippen LogP contribution in [0.3, 0.4) is 0 Å². The standard InChI is InChI=1S/C8H7BrFNO/c1-4(12)5-2-3-6(11)8(10)7(5)9/h2-3H,11H2,1H3. The van der Waals surface area contributed by atoms with Crippen LogP contribution in [-0.2, 0) is 0 Å². The van der Waals surface area contributed by atoms with E-state index in [0.29, 0.717) is 5.56 Å². The second-order valence-corrected chi connectivity index (χ2v) is 3.18. The van der Waals surface area contributed by atoms with Crippen molar-refractivity contribution in [2.45, 2.75) is 6.92 Å². The number of nitrogens with two attached hydrogens (primary N) is 1. The number of carbonyl (C=O) groups excluding carboxylic acids is 1. The van der Waals surface area contributed by atoms with Crippen molar-refractivity contribution in [3.63, 3.8) is 0 Å². The molecule has 12 heavy (non-hydrogen) atoms. The number of nitrogen functional groups attached to an aromatic ring is 1. The average Bonchev–Trinajstić information content (AvgIpc) is 2.00. The van der Waals surface area contributed by atoms with Crippen LogP contribution in [0, 0.1) is 5.82 Å². The largest absolute Gasteiger partial charge is 0.396 e. The van der Waals surface area contributed by atoms with Gasteiger partial charge in [0.05, 0.1) is 10.2 Å². The van der Waals surface area contributed by atoms with Crippen LogP contribution in [-0.4, -0.2) is 5.78 Å². The van der Waals surface area contributed by atoms with Crippen molar-refractivity contribution in [1.82, 2.24) is 0 Å². The zero-order chi connectivity index (χ0) is 9.30. The van der Waals surface area contributed by atoms with E-state index in [1.165, 1.54) is 19.1 Å². The maximum Gasteiger partial charge on any atom is 0.161 e. The molecule has 2 nitrogen and oxygen atoms in total. The SMILES string of the molecule is CC(=O)c1ccc(N)c(F)c1Br. The summed E-state index contributed by atoms with van der Waals surface area (Å²) < 4.78 is 13.2. The van der Waals surface area contributed by atoms with Crippen LogP contribution in [0.2, 0.25) is 0 Å². The molecule has 0 bridgehead atoms. The van der Waals surface area contributed by atoms with Gasteiger partial charge in [0.2, 0.25) is 0 Å². The van der Waals surface area contributed by atoms with Gasteiger partial charge in [0.1, 0.15) is 0 Å². The van der Waals surface area contributed by atoms with Crippen molar-refractivity contribution in [2.24, 2.45) is 0 Å². The molecule has 0 saturated heterocycles. The van der Waals surface area contributed by atoms with Crippen LogP contribution >= 0.6 is 15.9 Å². The van der Waals surface area contributed by atoms with Gasteiger partial charge in [0.25, 0.3) is 0 Å². The Labute approximate surface area is 77.7 Å². The highest BCUT2D eigenvalue weighted by Gasteiger charge is 2.11. The van der Waals surface area contributed by atoms with Crippen molar-refractivity contribution in [3.8, 4) is 0 Å². The van der Waals surface area contributed by atoms with E-state index < -0.39 is 5.82 Å². The zero-order valence-electron chi connectivity index (χ0n) is 6.40. The maximum atomic E-state index is 13.0. The highest BCUT2D eigenvalue weighted by Crippen LogP contribution is 2.25.